The highest BCUT2D eigenvalue weighted by Crippen LogP contribution is 2.36. The van der Waals surface area contributed by atoms with Crippen LogP contribution in [0.5, 0.6) is 11.5 Å². The number of phenolic OH excluding ortho intramolecular Hbond substituents is 1. The molecule has 0 radical (unpaired) electrons. The molecule has 0 saturated carbocycles. The van der Waals surface area contributed by atoms with Crippen molar-refractivity contribution in [1.29, 1.82) is 0 Å². The summed E-state index contributed by atoms with van der Waals surface area (Å²) in [6.45, 7) is 0. The van der Waals surface area contributed by atoms with E-state index in [4.69, 9.17) is 4.74 Å². The number of non-ortho nitro benzene ring substituents is 1. The van der Waals surface area contributed by atoms with Gasteiger partial charge in [0.05, 0.1) is 26.7 Å². The second-order valence-corrected chi connectivity index (χ2v) is 6.76. The van der Waals surface area contributed by atoms with E-state index in [9.17, 15) is 15.2 Å². The molecule has 0 saturated heterocycles. The van der Waals surface area contributed by atoms with Gasteiger partial charge in [-0.25, -0.2) is 4.98 Å². The van der Waals surface area contributed by atoms with Gasteiger partial charge in [0.15, 0.2) is 11.5 Å². The van der Waals surface area contributed by atoms with Crippen molar-refractivity contribution in [2.24, 2.45) is 0 Å². The topological polar surface area (TPSA) is 85.5 Å². The number of phenols is 1. The van der Waals surface area contributed by atoms with Crippen molar-refractivity contribution >= 4 is 55.3 Å². The van der Waals surface area contributed by atoms with E-state index in [1.54, 1.807) is 18.2 Å². The minimum Gasteiger partial charge on any atom is -0.503 e. The molecule has 3 rings (SSSR count). The number of fused-ring (bicyclic) bond motifs is 1. The van der Waals surface area contributed by atoms with Crippen LogP contribution >= 0.6 is 27.3 Å². The van der Waals surface area contributed by atoms with Gasteiger partial charge in [-0.15, -0.1) is 11.3 Å². The standard InChI is InChI=1S/C16H11BrN2O4S/c1-23-13-7-9(6-11(17)16(13)20)2-5-15-18-12-4-3-10(19(21)22)8-14(12)24-15/h2-8,20H,1H3/b5-2+. The molecule has 1 heterocycles. The molecule has 2 aromatic carbocycles. The van der Waals surface area contributed by atoms with E-state index in [-0.39, 0.29) is 11.4 Å². The maximum absolute atomic E-state index is 10.8. The van der Waals surface area contributed by atoms with E-state index >= 15 is 0 Å². The Kier molecular flexibility index (Phi) is 4.50. The fourth-order valence-corrected chi connectivity index (χ4v) is 3.49. The smallest absolute Gasteiger partial charge is 0.270 e. The molecule has 0 bridgehead atoms. The highest BCUT2D eigenvalue weighted by atomic mass is 79.9. The van der Waals surface area contributed by atoms with Crippen molar-refractivity contribution in [3.63, 3.8) is 0 Å². The molecule has 0 fully saturated rings. The molecule has 122 valence electrons. The quantitative estimate of drug-likeness (QED) is 0.494. The fourth-order valence-electron chi connectivity index (χ4n) is 2.13. The zero-order valence-electron chi connectivity index (χ0n) is 12.4. The Morgan fingerprint density at radius 1 is 1.33 bits per heavy atom. The number of aromatic hydroxyl groups is 1. The molecule has 0 aliphatic carbocycles. The average Bonchev–Trinajstić information content (AvgIpc) is 2.97. The van der Waals surface area contributed by atoms with Crippen molar-refractivity contribution in [2.75, 3.05) is 7.11 Å². The zero-order valence-corrected chi connectivity index (χ0v) is 14.8. The molecule has 0 aliphatic rings. The molecule has 24 heavy (non-hydrogen) atoms. The fraction of sp³-hybridized carbons (Fsp3) is 0.0625. The van der Waals surface area contributed by atoms with Crippen LogP contribution in [0.4, 0.5) is 5.69 Å². The monoisotopic (exact) mass is 406 g/mol. The van der Waals surface area contributed by atoms with Crippen LogP contribution in [0.25, 0.3) is 22.4 Å². The number of rotatable bonds is 4. The van der Waals surface area contributed by atoms with Crippen LogP contribution in [0, 0.1) is 10.1 Å². The third-order valence-corrected chi connectivity index (χ3v) is 4.88. The first-order valence-electron chi connectivity index (χ1n) is 6.77. The molecule has 1 aromatic heterocycles. The molecule has 3 aromatic rings. The maximum atomic E-state index is 10.8. The van der Waals surface area contributed by atoms with Crippen LogP contribution in [0.2, 0.25) is 0 Å². The highest BCUT2D eigenvalue weighted by molar-refractivity contribution is 9.10. The minimum atomic E-state index is -0.422. The molecular formula is C16H11BrN2O4S. The van der Waals surface area contributed by atoms with E-state index < -0.39 is 4.92 Å². The average molecular weight is 407 g/mol. The lowest BCUT2D eigenvalue weighted by Crippen LogP contribution is -1.86. The lowest BCUT2D eigenvalue weighted by atomic mass is 10.2. The summed E-state index contributed by atoms with van der Waals surface area (Å²) in [6.07, 6.45) is 3.65. The number of benzene rings is 2. The molecule has 6 nitrogen and oxygen atoms in total. The number of hydrogen-bond donors (Lipinski definition) is 1. The Labute approximate surface area is 149 Å². The highest BCUT2D eigenvalue weighted by Gasteiger charge is 2.10. The van der Waals surface area contributed by atoms with Gasteiger partial charge in [-0.2, -0.15) is 0 Å². The third-order valence-electron chi connectivity index (χ3n) is 3.29. The number of aromatic nitrogens is 1. The van der Waals surface area contributed by atoms with Crippen LogP contribution in [0.1, 0.15) is 10.6 Å². The number of thiazole rings is 1. The van der Waals surface area contributed by atoms with E-state index in [0.29, 0.717) is 10.2 Å². The molecule has 0 spiro atoms. The second-order valence-electron chi connectivity index (χ2n) is 4.85. The number of halogens is 1. The number of nitro groups is 1. The number of hydrogen-bond acceptors (Lipinski definition) is 6. The van der Waals surface area contributed by atoms with Crippen molar-refractivity contribution in [1.82, 2.24) is 4.98 Å². The molecular weight excluding hydrogens is 396 g/mol. The summed E-state index contributed by atoms with van der Waals surface area (Å²) in [4.78, 5) is 14.8. The van der Waals surface area contributed by atoms with Crippen molar-refractivity contribution in [2.45, 2.75) is 0 Å². The molecule has 0 unspecified atom stereocenters. The van der Waals surface area contributed by atoms with Gasteiger partial charge in [-0.05, 0) is 45.8 Å². The van der Waals surface area contributed by atoms with Gasteiger partial charge in [-0.3, -0.25) is 10.1 Å². The first-order valence-corrected chi connectivity index (χ1v) is 8.38. The summed E-state index contributed by atoms with van der Waals surface area (Å²) in [5.41, 5.74) is 1.59. The SMILES string of the molecule is COc1cc(/C=C/c2nc3ccc([N+](=O)[O-])cc3s2)cc(Br)c1O. The lowest BCUT2D eigenvalue weighted by molar-refractivity contribution is -0.384. The van der Waals surface area contributed by atoms with Gasteiger partial charge in [0.1, 0.15) is 5.01 Å². The van der Waals surface area contributed by atoms with Crippen LogP contribution in [-0.2, 0) is 0 Å². The number of nitrogens with zero attached hydrogens (tertiary/aromatic N) is 2. The summed E-state index contributed by atoms with van der Waals surface area (Å²) in [5.74, 6) is 0.408. The molecule has 0 aliphatic heterocycles. The summed E-state index contributed by atoms with van der Waals surface area (Å²) in [6, 6.07) is 8.06. The first-order chi connectivity index (χ1) is 11.5. The van der Waals surface area contributed by atoms with E-state index in [2.05, 4.69) is 20.9 Å². The maximum Gasteiger partial charge on any atom is 0.270 e. The Morgan fingerprint density at radius 3 is 2.83 bits per heavy atom. The van der Waals surface area contributed by atoms with Gasteiger partial charge < -0.3 is 9.84 Å². The zero-order chi connectivity index (χ0) is 17.3. The van der Waals surface area contributed by atoms with Gasteiger partial charge in [0.25, 0.3) is 5.69 Å². The van der Waals surface area contributed by atoms with Gasteiger partial charge >= 0.3 is 0 Å². The summed E-state index contributed by atoms with van der Waals surface area (Å²) >= 11 is 4.64. The normalized spacial score (nSPS) is 11.2. The van der Waals surface area contributed by atoms with Crippen molar-refractivity contribution < 1.29 is 14.8 Å². The Balaban J connectivity index is 1.93. The number of methoxy groups -OCH3 is 1. The molecule has 8 heteroatoms. The van der Waals surface area contributed by atoms with Crippen molar-refractivity contribution in [3.8, 4) is 11.5 Å². The Hall–Kier alpha value is -2.45. The molecule has 1 N–H and O–H groups in total. The number of nitro benzene ring substituents is 1. The van der Waals surface area contributed by atoms with Crippen LogP contribution in [0.3, 0.4) is 0 Å². The number of ether oxygens (including phenoxy) is 1. The minimum absolute atomic E-state index is 0.0435. The Bertz CT molecular complexity index is 968. The predicted molar refractivity (Wildman–Crippen MR) is 97.6 cm³/mol. The van der Waals surface area contributed by atoms with E-state index in [0.717, 1.165) is 20.8 Å². The largest absolute Gasteiger partial charge is 0.503 e. The van der Waals surface area contributed by atoms with Crippen LogP contribution in [-0.4, -0.2) is 22.1 Å². The van der Waals surface area contributed by atoms with Crippen LogP contribution < -0.4 is 4.74 Å². The van der Waals surface area contributed by atoms with Crippen LogP contribution in [0.15, 0.2) is 34.8 Å². The van der Waals surface area contributed by atoms with Gasteiger partial charge in [-0.1, -0.05) is 6.08 Å². The second kappa shape index (κ2) is 6.58. The summed E-state index contributed by atoms with van der Waals surface area (Å²) < 4.78 is 6.40. The van der Waals surface area contributed by atoms with Crippen molar-refractivity contribution in [3.05, 3.63) is 55.5 Å². The Morgan fingerprint density at radius 2 is 2.12 bits per heavy atom. The predicted octanol–water partition coefficient (Wildman–Crippen LogP) is 4.85. The third kappa shape index (κ3) is 3.24. The molecule has 0 amide bonds. The summed E-state index contributed by atoms with van der Waals surface area (Å²) in [5, 5.41) is 21.4. The first kappa shape index (κ1) is 16.4. The van der Waals surface area contributed by atoms with E-state index in [1.165, 1.54) is 30.6 Å². The molecule has 0 atom stereocenters. The summed E-state index contributed by atoms with van der Waals surface area (Å²) in [7, 11) is 1.48. The van der Waals surface area contributed by atoms with Gasteiger partial charge in [0, 0.05) is 12.1 Å². The lowest BCUT2D eigenvalue weighted by Gasteiger charge is -2.06. The van der Waals surface area contributed by atoms with Gasteiger partial charge in [0.2, 0.25) is 0 Å². The van der Waals surface area contributed by atoms with E-state index in [1.807, 2.05) is 12.2 Å².